The Morgan fingerprint density at radius 2 is 2.17 bits per heavy atom. The number of rotatable bonds is 5. The maximum atomic E-state index is 12.3. The lowest BCUT2D eigenvalue weighted by molar-refractivity contribution is -0.157. The third-order valence-electron chi connectivity index (χ3n) is 3.18. The van der Waals surface area contributed by atoms with Gasteiger partial charge >= 0.3 is 0 Å². The number of piperidine rings is 1. The van der Waals surface area contributed by atoms with Gasteiger partial charge in [0, 0.05) is 32.3 Å². The molecule has 1 aliphatic rings. The van der Waals surface area contributed by atoms with E-state index in [4.69, 9.17) is 4.74 Å². The second kappa shape index (κ2) is 5.99. The first kappa shape index (κ1) is 15.4. The molecule has 1 saturated heterocycles. The molecule has 0 unspecified atom stereocenters. The van der Waals surface area contributed by atoms with Crippen LogP contribution in [0.1, 0.15) is 33.6 Å². The monoisotopic (exact) mass is 258 g/mol. The molecule has 0 aliphatic carbocycles. The van der Waals surface area contributed by atoms with Crippen molar-refractivity contribution in [3.63, 3.8) is 0 Å². The van der Waals surface area contributed by atoms with E-state index in [-0.39, 0.29) is 11.4 Å². The summed E-state index contributed by atoms with van der Waals surface area (Å²) in [6.45, 7) is 8.13. The fourth-order valence-electron chi connectivity index (χ4n) is 2.06. The van der Waals surface area contributed by atoms with Crippen LogP contribution in [0.25, 0.3) is 0 Å². The highest BCUT2D eigenvalue weighted by Gasteiger charge is 2.42. The molecule has 0 saturated carbocycles. The van der Waals surface area contributed by atoms with Crippen molar-refractivity contribution in [2.45, 2.75) is 44.8 Å². The largest absolute Gasteiger partial charge is 0.383 e. The lowest BCUT2D eigenvalue weighted by Gasteiger charge is -2.39. The zero-order valence-electron chi connectivity index (χ0n) is 12.0. The van der Waals surface area contributed by atoms with Crippen molar-refractivity contribution < 1.29 is 14.6 Å². The maximum Gasteiger partial charge on any atom is 0.255 e. The predicted molar refractivity (Wildman–Crippen MR) is 70.4 cm³/mol. The third kappa shape index (κ3) is 4.23. The van der Waals surface area contributed by atoms with Crippen LogP contribution >= 0.6 is 0 Å². The summed E-state index contributed by atoms with van der Waals surface area (Å²) in [4.78, 5) is 13.9. The number of methoxy groups -OCH3 is 1. The summed E-state index contributed by atoms with van der Waals surface area (Å²) in [5, 5.41) is 13.7. The molecule has 1 amide bonds. The van der Waals surface area contributed by atoms with E-state index in [9.17, 15) is 9.90 Å². The minimum atomic E-state index is -1.26. The van der Waals surface area contributed by atoms with Crippen molar-refractivity contribution in [3.8, 4) is 0 Å². The van der Waals surface area contributed by atoms with Crippen LogP contribution < -0.4 is 5.32 Å². The summed E-state index contributed by atoms with van der Waals surface area (Å²) in [6.07, 6.45) is 1.36. The van der Waals surface area contributed by atoms with Gasteiger partial charge in [0.25, 0.3) is 5.91 Å². The zero-order valence-corrected chi connectivity index (χ0v) is 12.0. The molecule has 0 radical (unpaired) electrons. The number of hydrogen-bond acceptors (Lipinski definition) is 4. The minimum Gasteiger partial charge on any atom is -0.383 e. The van der Waals surface area contributed by atoms with Gasteiger partial charge in [0.05, 0.1) is 6.61 Å². The molecule has 106 valence electrons. The quantitative estimate of drug-likeness (QED) is 0.748. The third-order valence-corrected chi connectivity index (χ3v) is 3.18. The van der Waals surface area contributed by atoms with E-state index in [1.54, 1.807) is 12.0 Å². The van der Waals surface area contributed by atoms with Gasteiger partial charge in [-0.15, -0.1) is 0 Å². The molecule has 0 aromatic carbocycles. The summed E-state index contributed by atoms with van der Waals surface area (Å²) >= 11 is 0. The van der Waals surface area contributed by atoms with Crippen molar-refractivity contribution in [2.24, 2.45) is 0 Å². The van der Waals surface area contributed by atoms with Crippen LogP contribution in [0.2, 0.25) is 0 Å². The molecule has 2 N–H and O–H groups in total. The molecule has 5 nitrogen and oxygen atoms in total. The van der Waals surface area contributed by atoms with Gasteiger partial charge in [-0.05, 0) is 33.6 Å². The molecule has 0 aromatic rings. The van der Waals surface area contributed by atoms with Gasteiger partial charge in [0.1, 0.15) is 0 Å². The molecule has 0 spiro atoms. The number of aliphatic hydroxyl groups is 1. The summed E-state index contributed by atoms with van der Waals surface area (Å²) in [5.41, 5.74) is -1.37. The van der Waals surface area contributed by atoms with Crippen LogP contribution in [0, 0.1) is 0 Å². The van der Waals surface area contributed by atoms with Gasteiger partial charge in [-0.25, -0.2) is 0 Å². The normalized spacial score (nSPS) is 25.6. The van der Waals surface area contributed by atoms with Crippen LogP contribution in [-0.2, 0) is 9.53 Å². The fraction of sp³-hybridized carbons (Fsp3) is 0.923. The van der Waals surface area contributed by atoms with E-state index >= 15 is 0 Å². The topological polar surface area (TPSA) is 61.8 Å². The molecule has 0 aromatic heterocycles. The number of carbonyl (C=O) groups is 1. The number of nitrogens with one attached hydrogen (secondary N) is 1. The van der Waals surface area contributed by atoms with Crippen molar-refractivity contribution in [1.82, 2.24) is 10.2 Å². The molecule has 1 heterocycles. The first-order valence-electron chi connectivity index (χ1n) is 6.54. The molecule has 0 bridgehead atoms. The number of β-amino-alcohol motifs (C(OH)–C–C–N with tert-alkyl or cyclic N) is 1. The zero-order chi connectivity index (χ0) is 13.8. The summed E-state index contributed by atoms with van der Waals surface area (Å²) in [5.74, 6) is -0.178. The molecule has 1 fully saturated rings. The van der Waals surface area contributed by atoms with E-state index in [1.165, 1.54) is 0 Å². The van der Waals surface area contributed by atoms with Crippen molar-refractivity contribution in [1.29, 1.82) is 0 Å². The number of nitrogens with zero attached hydrogens (tertiary/aromatic N) is 1. The minimum absolute atomic E-state index is 0.106. The lowest BCUT2D eigenvalue weighted by atomic mass is 9.90. The van der Waals surface area contributed by atoms with Gasteiger partial charge < -0.3 is 20.1 Å². The Morgan fingerprint density at radius 3 is 2.72 bits per heavy atom. The molecule has 1 rings (SSSR count). The van der Waals surface area contributed by atoms with E-state index in [2.05, 4.69) is 5.32 Å². The van der Waals surface area contributed by atoms with Crippen LogP contribution in [0.5, 0.6) is 0 Å². The Balaban J connectivity index is 2.60. The summed E-state index contributed by atoms with van der Waals surface area (Å²) in [7, 11) is 1.61. The van der Waals surface area contributed by atoms with Gasteiger partial charge in [-0.2, -0.15) is 0 Å². The lowest BCUT2D eigenvalue weighted by Crippen LogP contribution is -2.60. The smallest absolute Gasteiger partial charge is 0.255 e. The van der Waals surface area contributed by atoms with E-state index in [1.807, 2.05) is 20.8 Å². The van der Waals surface area contributed by atoms with Crippen molar-refractivity contribution in [3.05, 3.63) is 0 Å². The highest BCUT2D eigenvalue weighted by Crippen LogP contribution is 2.22. The SMILES string of the molecule is COCCN1CCC[C@@](O)(CNC(C)(C)C)C1=O. The van der Waals surface area contributed by atoms with E-state index in [0.717, 1.165) is 6.42 Å². The number of likely N-dealkylation sites (tertiary alicyclic amines) is 1. The Kier molecular flexibility index (Phi) is 5.13. The maximum absolute atomic E-state index is 12.3. The van der Waals surface area contributed by atoms with Crippen LogP contribution in [0.3, 0.4) is 0 Å². The second-order valence-corrected chi connectivity index (χ2v) is 6.02. The molecular weight excluding hydrogens is 232 g/mol. The fourth-order valence-corrected chi connectivity index (χ4v) is 2.06. The molecule has 18 heavy (non-hydrogen) atoms. The van der Waals surface area contributed by atoms with Crippen LogP contribution in [-0.4, -0.2) is 60.4 Å². The van der Waals surface area contributed by atoms with Crippen LogP contribution in [0.4, 0.5) is 0 Å². The van der Waals surface area contributed by atoms with Gasteiger partial charge in [0.15, 0.2) is 5.60 Å². The van der Waals surface area contributed by atoms with E-state index in [0.29, 0.717) is 32.7 Å². The first-order valence-corrected chi connectivity index (χ1v) is 6.54. The Hall–Kier alpha value is -0.650. The highest BCUT2D eigenvalue weighted by molar-refractivity contribution is 5.86. The second-order valence-electron chi connectivity index (χ2n) is 6.02. The van der Waals surface area contributed by atoms with Gasteiger partial charge in [-0.3, -0.25) is 4.79 Å². The average Bonchev–Trinajstić information content (AvgIpc) is 2.28. The molecule has 5 heteroatoms. The molecule has 1 aliphatic heterocycles. The van der Waals surface area contributed by atoms with Crippen molar-refractivity contribution in [2.75, 3.05) is 33.4 Å². The number of carbonyl (C=O) groups excluding carboxylic acids is 1. The van der Waals surface area contributed by atoms with Crippen molar-refractivity contribution >= 4 is 5.91 Å². The summed E-state index contributed by atoms with van der Waals surface area (Å²) < 4.78 is 4.98. The van der Waals surface area contributed by atoms with Gasteiger partial charge in [0.2, 0.25) is 0 Å². The summed E-state index contributed by atoms with van der Waals surface area (Å²) in [6, 6.07) is 0. The Morgan fingerprint density at radius 1 is 1.50 bits per heavy atom. The number of hydrogen-bond donors (Lipinski definition) is 2. The predicted octanol–water partition coefficient (Wildman–Crippen LogP) is 0.374. The highest BCUT2D eigenvalue weighted by atomic mass is 16.5. The van der Waals surface area contributed by atoms with Crippen LogP contribution in [0.15, 0.2) is 0 Å². The van der Waals surface area contributed by atoms with Gasteiger partial charge in [-0.1, -0.05) is 0 Å². The molecular formula is C13H26N2O3. The standard InChI is InChI=1S/C13H26N2O3/c1-12(2,3)14-10-13(17)6-5-7-15(11(13)16)8-9-18-4/h14,17H,5-10H2,1-4H3/t13-/m1/s1. The first-order chi connectivity index (χ1) is 8.28. The average molecular weight is 258 g/mol. The Bertz CT molecular complexity index is 288. The molecule has 1 atom stereocenters. The van der Waals surface area contributed by atoms with E-state index < -0.39 is 5.60 Å². The number of ether oxygens (including phenoxy) is 1. The Labute approximate surface area is 109 Å². The number of amides is 1.